The van der Waals surface area contributed by atoms with Gasteiger partial charge in [-0.3, -0.25) is 4.79 Å². The van der Waals surface area contributed by atoms with Crippen molar-refractivity contribution in [3.63, 3.8) is 0 Å². The maximum absolute atomic E-state index is 12.3. The molecular formula is C21H21NO4S2. The van der Waals surface area contributed by atoms with Gasteiger partial charge in [-0.05, 0) is 52.0 Å². The Morgan fingerprint density at radius 2 is 2.00 bits per heavy atom. The minimum absolute atomic E-state index is 0.0827. The number of rotatable bonds is 8. The summed E-state index contributed by atoms with van der Waals surface area (Å²) in [6.45, 7) is 0.0827. The highest BCUT2D eigenvalue weighted by Gasteiger charge is 2.33. The summed E-state index contributed by atoms with van der Waals surface area (Å²) < 4.78 is 10.5. The molecule has 2 heterocycles. The molecule has 0 radical (unpaired) electrons. The highest BCUT2D eigenvalue weighted by molar-refractivity contribution is 7.10. The summed E-state index contributed by atoms with van der Waals surface area (Å²) in [6, 6.07) is 11.0. The van der Waals surface area contributed by atoms with Gasteiger partial charge in [0.1, 0.15) is 5.60 Å². The van der Waals surface area contributed by atoms with Crippen LogP contribution in [-0.4, -0.2) is 31.8 Å². The Kier molecular flexibility index (Phi) is 6.51. The van der Waals surface area contributed by atoms with E-state index in [9.17, 15) is 9.90 Å². The molecule has 5 nitrogen and oxygen atoms in total. The Hall–Kier alpha value is -2.61. The number of thiophene rings is 2. The number of ether oxygens (including phenoxy) is 2. The molecule has 3 aromatic rings. The van der Waals surface area contributed by atoms with Gasteiger partial charge in [0.25, 0.3) is 0 Å². The summed E-state index contributed by atoms with van der Waals surface area (Å²) in [5, 5.41) is 19.8. The van der Waals surface area contributed by atoms with E-state index in [-0.39, 0.29) is 12.5 Å². The summed E-state index contributed by atoms with van der Waals surface area (Å²) >= 11 is 2.96. The van der Waals surface area contributed by atoms with Crippen LogP contribution in [0, 0.1) is 0 Å². The van der Waals surface area contributed by atoms with Crippen LogP contribution in [0.4, 0.5) is 0 Å². The molecule has 0 saturated carbocycles. The molecule has 2 aromatic heterocycles. The number of aliphatic hydroxyl groups is 1. The molecule has 1 aromatic carbocycles. The van der Waals surface area contributed by atoms with Crippen LogP contribution in [-0.2, 0) is 10.4 Å². The molecule has 0 aliphatic carbocycles. The van der Waals surface area contributed by atoms with Gasteiger partial charge < -0.3 is 19.9 Å². The molecule has 1 amide bonds. The van der Waals surface area contributed by atoms with Crippen molar-refractivity contribution in [3.05, 3.63) is 74.6 Å². The third-order valence-corrected chi connectivity index (χ3v) is 5.98. The zero-order valence-corrected chi connectivity index (χ0v) is 17.2. The first-order valence-electron chi connectivity index (χ1n) is 8.54. The van der Waals surface area contributed by atoms with Crippen LogP contribution >= 0.6 is 22.7 Å². The fourth-order valence-corrected chi connectivity index (χ4v) is 4.32. The van der Waals surface area contributed by atoms with Crippen LogP contribution in [0.1, 0.15) is 16.0 Å². The van der Waals surface area contributed by atoms with E-state index in [2.05, 4.69) is 5.32 Å². The monoisotopic (exact) mass is 415 g/mol. The minimum atomic E-state index is -1.25. The number of hydrogen-bond donors (Lipinski definition) is 2. The first-order chi connectivity index (χ1) is 13.6. The summed E-state index contributed by atoms with van der Waals surface area (Å²) in [6.07, 6.45) is 3.12. The molecule has 1 unspecified atom stereocenters. The molecular weight excluding hydrogens is 394 g/mol. The topological polar surface area (TPSA) is 67.8 Å². The number of hydrogen-bond acceptors (Lipinski definition) is 6. The minimum Gasteiger partial charge on any atom is -0.493 e. The molecule has 0 bridgehead atoms. The number of benzene rings is 1. The Morgan fingerprint density at radius 1 is 1.18 bits per heavy atom. The SMILES string of the molecule is COc1ccc(/C=C/C(=O)NCC(O)(c2ccsc2)c2cccs2)cc1OC. The number of amides is 1. The third kappa shape index (κ3) is 4.44. The third-order valence-electron chi connectivity index (χ3n) is 4.28. The molecule has 1 atom stereocenters. The lowest BCUT2D eigenvalue weighted by atomic mass is 9.94. The van der Waals surface area contributed by atoms with Gasteiger partial charge in [0.2, 0.25) is 5.91 Å². The largest absolute Gasteiger partial charge is 0.493 e. The fraction of sp³-hybridized carbons (Fsp3) is 0.190. The lowest BCUT2D eigenvalue weighted by Gasteiger charge is -2.26. The quantitative estimate of drug-likeness (QED) is 0.548. The fourth-order valence-electron chi connectivity index (χ4n) is 2.75. The average molecular weight is 416 g/mol. The lowest BCUT2D eigenvalue weighted by Crippen LogP contribution is -2.40. The van der Waals surface area contributed by atoms with E-state index < -0.39 is 5.60 Å². The van der Waals surface area contributed by atoms with Crippen molar-refractivity contribution in [1.82, 2.24) is 5.32 Å². The van der Waals surface area contributed by atoms with Crippen molar-refractivity contribution in [2.75, 3.05) is 20.8 Å². The zero-order valence-electron chi connectivity index (χ0n) is 15.5. The van der Waals surface area contributed by atoms with E-state index in [4.69, 9.17) is 9.47 Å². The second-order valence-electron chi connectivity index (χ2n) is 6.02. The number of carbonyl (C=O) groups is 1. The molecule has 0 spiro atoms. The molecule has 0 fully saturated rings. The molecule has 0 saturated heterocycles. The van der Waals surface area contributed by atoms with Crippen molar-refractivity contribution >= 4 is 34.7 Å². The number of methoxy groups -OCH3 is 2. The first kappa shape index (κ1) is 20.1. The predicted octanol–water partition coefficient (Wildman–Crippen LogP) is 3.89. The Balaban J connectivity index is 1.70. The highest BCUT2D eigenvalue weighted by Crippen LogP contribution is 2.33. The maximum atomic E-state index is 12.3. The van der Waals surface area contributed by atoms with Gasteiger partial charge in [0.05, 0.1) is 20.8 Å². The van der Waals surface area contributed by atoms with Crippen LogP contribution in [0.5, 0.6) is 11.5 Å². The summed E-state index contributed by atoms with van der Waals surface area (Å²) in [4.78, 5) is 13.1. The van der Waals surface area contributed by atoms with Crippen LogP contribution < -0.4 is 14.8 Å². The molecule has 0 aliphatic rings. The van der Waals surface area contributed by atoms with Crippen molar-refractivity contribution in [3.8, 4) is 11.5 Å². The van der Waals surface area contributed by atoms with Crippen molar-refractivity contribution in [2.45, 2.75) is 5.60 Å². The molecule has 28 heavy (non-hydrogen) atoms. The van der Waals surface area contributed by atoms with E-state index in [1.807, 2.05) is 40.4 Å². The maximum Gasteiger partial charge on any atom is 0.244 e. The standard InChI is InChI=1S/C21H21NO4S2/c1-25-17-7-5-15(12-18(17)26-2)6-8-20(23)22-14-21(24,16-9-11-27-13-16)19-4-3-10-28-19/h3-13,24H,14H2,1-2H3,(H,22,23)/b8-6+. The molecule has 7 heteroatoms. The normalized spacial score (nSPS) is 13.2. The van der Waals surface area contributed by atoms with E-state index in [0.717, 1.165) is 16.0 Å². The van der Waals surface area contributed by atoms with Crippen molar-refractivity contribution in [1.29, 1.82) is 0 Å². The van der Waals surface area contributed by atoms with E-state index in [1.165, 1.54) is 28.7 Å². The average Bonchev–Trinajstić information content (AvgIpc) is 3.44. The predicted molar refractivity (Wildman–Crippen MR) is 113 cm³/mol. The second kappa shape index (κ2) is 9.05. The van der Waals surface area contributed by atoms with Gasteiger partial charge in [0.15, 0.2) is 11.5 Å². The Bertz CT molecular complexity index is 899. The second-order valence-corrected chi connectivity index (χ2v) is 7.74. The summed E-state index contributed by atoms with van der Waals surface area (Å²) in [5.74, 6) is 0.926. The summed E-state index contributed by atoms with van der Waals surface area (Å²) in [5.41, 5.74) is 0.323. The van der Waals surface area contributed by atoms with Gasteiger partial charge >= 0.3 is 0 Å². The van der Waals surface area contributed by atoms with Gasteiger partial charge in [-0.1, -0.05) is 12.1 Å². The van der Waals surface area contributed by atoms with Crippen LogP contribution in [0.2, 0.25) is 0 Å². The first-order valence-corrected chi connectivity index (χ1v) is 10.4. The van der Waals surface area contributed by atoms with Gasteiger partial charge in [-0.15, -0.1) is 11.3 Å². The molecule has 0 aliphatic heterocycles. The van der Waals surface area contributed by atoms with Crippen molar-refractivity contribution < 1.29 is 19.4 Å². The summed E-state index contributed by atoms with van der Waals surface area (Å²) in [7, 11) is 3.14. The molecule has 146 valence electrons. The van der Waals surface area contributed by atoms with Gasteiger partial charge in [-0.2, -0.15) is 11.3 Å². The van der Waals surface area contributed by atoms with Gasteiger partial charge in [0, 0.05) is 16.5 Å². The van der Waals surface area contributed by atoms with Crippen LogP contribution in [0.3, 0.4) is 0 Å². The van der Waals surface area contributed by atoms with Crippen molar-refractivity contribution in [2.24, 2.45) is 0 Å². The molecule has 2 N–H and O–H groups in total. The molecule has 3 rings (SSSR count). The van der Waals surface area contributed by atoms with E-state index in [1.54, 1.807) is 32.4 Å². The van der Waals surface area contributed by atoms with Crippen LogP contribution in [0.25, 0.3) is 6.08 Å². The number of carbonyl (C=O) groups excluding carboxylic acids is 1. The lowest BCUT2D eigenvalue weighted by molar-refractivity contribution is -0.117. The van der Waals surface area contributed by atoms with E-state index >= 15 is 0 Å². The zero-order chi connectivity index (χ0) is 20.0. The van der Waals surface area contributed by atoms with Gasteiger partial charge in [-0.25, -0.2) is 0 Å². The van der Waals surface area contributed by atoms with E-state index in [0.29, 0.717) is 11.5 Å². The Labute approximate surface area is 171 Å². The van der Waals surface area contributed by atoms with Crippen LogP contribution in [0.15, 0.2) is 58.6 Å². The Morgan fingerprint density at radius 3 is 2.64 bits per heavy atom. The highest BCUT2D eigenvalue weighted by atomic mass is 32.1. The smallest absolute Gasteiger partial charge is 0.244 e. The number of nitrogens with one attached hydrogen (secondary N) is 1.